The largest absolute Gasteiger partial charge is 0.399 e. The van der Waals surface area contributed by atoms with Crippen molar-refractivity contribution >= 4 is 18.1 Å². The molecule has 0 aliphatic heterocycles. The molecule has 0 radical (unpaired) electrons. The van der Waals surface area contributed by atoms with Crippen LogP contribution in [-0.4, -0.2) is 12.3 Å². The molecule has 0 heterocycles. The molecule has 0 amide bonds. The van der Waals surface area contributed by atoms with Gasteiger partial charge in [0.25, 0.3) is 0 Å². The zero-order chi connectivity index (χ0) is 12.7. The van der Waals surface area contributed by atoms with Gasteiger partial charge in [0.15, 0.2) is 0 Å². The highest BCUT2D eigenvalue weighted by atomic mass is 31.2. The van der Waals surface area contributed by atoms with E-state index in [1.807, 2.05) is 24.3 Å². The van der Waals surface area contributed by atoms with Crippen molar-refractivity contribution in [3.8, 4) is 0 Å². The Morgan fingerprint density at radius 3 is 1.88 bits per heavy atom. The van der Waals surface area contributed by atoms with Gasteiger partial charge < -0.3 is 10.3 Å². The van der Waals surface area contributed by atoms with Crippen LogP contribution in [0.2, 0.25) is 0 Å². The van der Waals surface area contributed by atoms with E-state index in [9.17, 15) is 4.57 Å². The Bertz CT molecular complexity index is 360. The summed E-state index contributed by atoms with van der Waals surface area (Å²) in [7, 11) is -2.18. The van der Waals surface area contributed by atoms with E-state index in [2.05, 4.69) is 13.8 Å². The molecule has 0 saturated heterocycles. The molecule has 0 spiro atoms. The first-order valence-corrected chi connectivity index (χ1v) is 8.64. The van der Waals surface area contributed by atoms with Gasteiger partial charge in [0.05, 0.1) is 0 Å². The molecule has 2 nitrogen and oxygen atoms in total. The Morgan fingerprint density at radius 2 is 1.47 bits per heavy atom. The highest BCUT2D eigenvalue weighted by molar-refractivity contribution is 7.71. The highest BCUT2D eigenvalue weighted by Crippen LogP contribution is 2.46. The second-order valence-electron chi connectivity index (χ2n) is 4.64. The van der Waals surface area contributed by atoms with Gasteiger partial charge in [0.1, 0.15) is 7.14 Å². The molecule has 0 aromatic heterocycles. The summed E-state index contributed by atoms with van der Waals surface area (Å²) in [5.41, 5.74) is 6.42. The molecule has 2 N–H and O–H groups in total. The topological polar surface area (TPSA) is 43.1 Å². The van der Waals surface area contributed by atoms with Gasteiger partial charge in [-0.1, -0.05) is 26.7 Å². The van der Waals surface area contributed by atoms with Crippen LogP contribution in [0.1, 0.15) is 39.5 Å². The Morgan fingerprint density at radius 1 is 1.00 bits per heavy atom. The molecule has 0 aliphatic rings. The second-order valence-corrected chi connectivity index (χ2v) is 7.82. The van der Waals surface area contributed by atoms with Crippen LogP contribution in [0, 0.1) is 0 Å². The van der Waals surface area contributed by atoms with Crippen molar-refractivity contribution in [1.82, 2.24) is 0 Å². The summed E-state index contributed by atoms with van der Waals surface area (Å²) in [6.07, 6.45) is 5.98. The number of nitrogen functional groups attached to an aromatic ring is 1. The van der Waals surface area contributed by atoms with Gasteiger partial charge in [0, 0.05) is 23.3 Å². The fraction of sp³-hybridized carbons (Fsp3) is 0.571. The fourth-order valence-electron chi connectivity index (χ4n) is 1.94. The molecule has 17 heavy (non-hydrogen) atoms. The monoisotopic (exact) mass is 253 g/mol. The Balaban J connectivity index is 2.88. The molecule has 0 unspecified atom stereocenters. The van der Waals surface area contributed by atoms with Crippen LogP contribution in [0.5, 0.6) is 0 Å². The maximum absolute atomic E-state index is 13.0. The molecule has 0 atom stereocenters. The minimum absolute atomic E-state index is 0.742. The highest BCUT2D eigenvalue weighted by Gasteiger charge is 2.22. The van der Waals surface area contributed by atoms with Crippen LogP contribution < -0.4 is 11.0 Å². The van der Waals surface area contributed by atoms with E-state index in [1.165, 1.54) is 0 Å². The SMILES string of the molecule is CCCCP(=O)(CCCC)c1ccc(N)cc1. The molecule has 0 fully saturated rings. The number of benzene rings is 1. The molecule has 1 aromatic rings. The van der Waals surface area contributed by atoms with Crippen LogP contribution >= 0.6 is 7.14 Å². The van der Waals surface area contributed by atoms with Gasteiger partial charge in [-0.25, -0.2) is 0 Å². The predicted octanol–water partition coefficient (Wildman–Crippen LogP) is 3.86. The van der Waals surface area contributed by atoms with Gasteiger partial charge in [-0.05, 0) is 37.1 Å². The summed E-state index contributed by atoms with van der Waals surface area (Å²) in [6.45, 7) is 4.29. The molecule has 3 heteroatoms. The Hall–Kier alpha value is -0.750. The van der Waals surface area contributed by atoms with Crippen LogP contribution in [0.4, 0.5) is 5.69 Å². The quantitative estimate of drug-likeness (QED) is 0.592. The minimum Gasteiger partial charge on any atom is -0.399 e. The lowest BCUT2D eigenvalue weighted by Crippen LogP contribution is -2.11. The first-order chi connectivity index (χ1) is 8.12. The average molecular weight is 253 g/mol. The van der Waals surface area contributed by atoms with Crippen molar-refractivity contribution < 1.29 is 4.57 Å². The third kappa shape index (κ3) is 4.20. The van der Waals surface area contributed by atoms with Crippen molar-refractivity contribution in [2.24, 2.45) is 0 Å². The standard InChI is InChI=1S/C14H24NOP/c1-3-5-11-17(16,12-6-4-2)14-9-7-13(15)8-10-14/h7-10H,3-6,11-12,15H2,1-2H3. The number of rotatable bonds is 7. The number of unbranched alkanes of at least 4 members (excludes halogenated alkanes) is 2. The van der Waals surface area contributed by atoms with E-state index in [0.29, 0.717) is 0 Å². The van der Waals surface area contributed by atoms with Crippen LogP contribution in [-0.2, 0) is 4.57 Å². The first kappa shape index (κ1) is 14.3. The van der Waals surface area contributed by atoms with Crippen molar-refractivity contribution in [2.75, 3.05) is 18.1 Å². The zero-order valence-electron chi connectivity index (χ0n) is 11.0. The third-order valence-corrected chi connectivity index (χ3v) is 6.43. The molecular weight excluding hydrogens is 229 g/mol. The fourth-order valence-corrected chi connectivity index (χ4v) is 5.03. The lowest BCUT2D eigenvalue weighted by atomic mass is 10.3. The van der Waals surface area contributed by atoms with Crippen LogP contribution in [0.3, 0.4) is 0 Å². The summed E-state index contributed by atoms with van der Waals surface area (Å²) < 4.78 is 13.0. The molecule has 96 valence electrons. The summed E-state index contributed by atoms with van der Waals surface area (Å²) in [5, 5.41) is 1.01. The molecular formula is C14H24NOP. The average Bonchev–Trinajstić information content (AvgIpc) is 2.34. The maximum atomic E-state index is 13.0. The third-order valence-electron chi connectivity index (χ3n) is 3.11. The van der Waals surface area contributed by atoms with Gasteiger partial charge in [0.2, 0.25) is 0 Å². The summed E-state index contributed by atoms with van der Waals surface area (Å²) >= 11 is 0. The smallest absolute Gasteiger partial charge is 0.115 e. The van der Waals surface area contributed by atoms with Crippen molar-refractivity contribution in [2.45, 2.75) is 39.5 Å². The minimum atomic E-state index is -2.18. The molecule has 1 aromatic carbocycles. The van der Waals surface area contributed by atoms with Crippen LogP contribution in [0.25, 0.3) is 0 Å². The Kier molecular flexibility index (Phi) is 5.77. The number of hydrogen-bond acceptors (Lipinski definition) is 2. The number of nitrogens with two attached hydrogens (primary N) is 1. The zero-order valence-corrected chi connectivity index (χ0v) is 11.9. The second kappa shape index (κ2) is 6.86. The van der Waals surface area contributed by atoms with E-state index in [1.54, 1.807) is 0 Å². The lowest BCUT2D eigenvalue weighted by Gasteiger charge is -2.18. The molecule has 1 rings (SSSR count). The molecule has 0 saturated carbocycles. The van der Waals surface area contributed by atoms with E-state index < -0.39 is 7.14 Å². The first-order valence-electron chi connectivity index (χ1n) is 6.56. The maximum Gasteiger partial charge on any atom is 0.115 e. The van der Waals surface area contributed by atoms with Gasteiger partial charge in [-0.2, -0.15) is 0 Å². The summed E-state index contributed by atoms with van der Waals surface area (Å²) in [6, 6.07) is 7.61. The van der Waals surface area contributed by atoms with Crippen molar-refractivity contribution in [3.63, 3.8) is 0 Å². The number of anilines is 1. The molecule has 0 bridgehead atoms. The van der Waals surface area contributed by atoms with Gasteiger partial charge in [-0.3, -0.25) is 0 Å². The van der Waals surface area contributed by atoms with Crippen molar-refractivity contribution in [3.05, 3.63) is 24.3 Å². The van der Waals surface area contributed by atoms with E-state index in [4.69, 9.17) is 5.73 Å². The summed E-state index contributed by atoms with van der Waals surface area (Å²) in [5.74, 6) is 0. The number of hydrogen-bond donors (Lipinski definition) is 1. The van der Waals surface area contributed by atoms with E-state index in [-0.39, 0.29) is 0 Å². The predicted molar refractivity (Wildman–Crippen MR) is 77.6 cm³/mol. The molecule has 0 aliphatic carbocycles. The Labute approximate surface area is 105 Å². The van der Waals surface area contributed by atoms with Crippen molar-refractivity contribution in [1.29, 1.82) is 0 Å². The van der Waals surface area contributed by atoms with E-state index in [0.717, 1.165) is 49.0 Å². The van der Waals surface area contributed by atoms with Gasteiger partial charge in [-0.15, -0.1) is 0 Å². The van der Waals surface area contributed by atoms with Gasteiger partial charge >= 0.3 is 0 Å². The van der Waals surface area contributed by atoms with E-state index >= 15 is 0 Å². The normalized spacial score (nSPS) is 11.6. The lowest BCUT2D eigenvalue weighted by molar-refractivity contribution is 0.576. The van der Waals surface area contributed by atoms with Crippen LogP contribution in [0.15, 0.2) is 24.3 Å². The summed E-state index contributed by atoms with van der Waals surface area (Å²) in [4.78, 5) is 0.